The van der Waals surface area contributed by atoms with Crippen LogP contribution in [-0.4, -0.2) is 4.87 Å². The van der Waals surface area contributed by atoms with E-state index in [-0.39, 0.29) is 4.87 Å². The van der Waals surface area contributed by atoms with E-state index in [2.05, 4.69) is 5.92 Å². The van der Waals surface area contributed by atoms with E-state index in [4.69, 9.17) is 18.0 Å². The number of hydrogen-bond donors (Lipinski definition) is 0. The van der Waals surface area contributed by atoms with Gasteiger partial charge in [0.05, 0.1) is 0 Å². The number of halogens is 1. The predicted molar refractivity (Wildman–Crippen MR) is 40.5 cm³/mol. The van der Waals surface area contributed by atoms with Crippen molar-refractivity contribution in [2.45, 2.75) is 37.0 Å². The molecule has 0 radical (unpaired) electrons. The summed E-state index contributed by atoms with van der Waals surface area (Å²) < 4.78 is 0. The lowest BCUT2D eigenvalue weighted by Crippen LogP contribution is -2.21. The van der Waals surface area contributed by atoms with Crippen molar-refractivity contribution in [3.8, 4) is 12.3 Å². The first-order chi connectivity index (χ1) is 4.27. The van der Waals surface area contributed by atoms with Crippen molar-refractivity contribution in [3.63, 3.8) is 0 Å². The molecule has 9 heavy (non-hydrogen) atoms. The van der Waals surface area contributed by atoms with Crippen molar-refractivity contribution in [2.75, 3.05) is 0 Å². The topological polar surface area (TPSA) is 0 Å². The highest BCUT2D eigenvalue weighted by Crippen LogP contribution is 2.32. The molecule has 0 unspecified atom stereocenters. The molecule has 0 aliphatic heterocycles. The first kappa shape index (κ1) is 6.96. The van der Waals surface area contributed by atoms with E-state index in [9.17, 15) is 0 Å². The zero-order valence-corrected chi connectivity index (χ0v) is 6.25. The Bertz CT molecular complexity index is 126. The van der Waals surface area contributed by atoms with Gasteiger partial charge in [-0.3, -0.25) is 0 Å². The van der Waals surface area contributed by atoms with E-state index >= 15 is 0 Å². The van der Waals surface area contributed by atoms with Crippen LogP contribution >= 0.6 is 11.6 Å². The van der Waals surface area contributed by atoms with Crippen LogP contribution in [0.2, 0.25) is 0 Å². The molecule has 1 aliphatic carbocycles. The van der Waals surface area contributed by atoms with E-state index in [0.717, 1.165) is 12.8 Å². The number of terminal acetylenes is 1. The monoisotopic (exact) mass is 142 g/mol. The summed E-state index contributed by atoms with van der Waals surface area (Å²) in [6, 6.07) is 0. The molecule has 0 spiro atoms. The van der Waals surface area contributed by atoms with Crippen LogP contribution in [0.3, 0.4) is 0 Å². The van der Waals surface area contributed by atoms with Crippen molar-refractivity contribution in [2.24, 2.45) is 0 Å². The molecule has 0 aromatic carbocycles. The van der Waals surface area contributed by atoms with Crippen LogP contribution < -0.4 is 0 Å². The van der Waals surface area contributed by atoms with Gasteiger partial charge in [0.25, 0.3) is 0 Å². The first-order valence-electron chi connectivity index (χ1n) is 3.43. The van der Waals surface area contributed by atoms with Crippen LogP contribution in [-0.2, 0) is 0 Å². The maximum absolute atomic E-state index is 6.02. The van der Waals surface area contributed by atoms with Crippen molar-refractivity contribution in [1.29, 1.82) is 0 Å². The fourth-order valence-corrected chi connectivity index (χ4v) is 1.52. The molecule has 50 valence electrons. The number of rotatable bonds is 0. The van der Waals surface area contributed by atoms with Gasteiger partial charge in [-0.1, -0.05) is 25.2 Å². The van der Waals surface area contributed by atoms with Gasteiger partial charge in [0.1, 0.15) is 4.87 Å². The molecule has 0 aromatic rings. The maximum atomic E-state index is 6.02. The predicted octanol–water partition coefficient (Wildman–Crippen LogP) is 2.56. The van der Waals surface area contributed by atoms with Crippen molar-refractivity contribution >= 4 is 11.6 Å². The summed E-state index contributed by atoms with van der Waals surface area (Å²) in [6.07, 6.45) is 11.0. The highest BCUT2D eigenvalue weighted by Gasteiger charge is 2.26. The molecule has 0 heterocycles. The van der Waals surface area contributed by atoms with Gasteiger partial charge in [-0.2, -0.15) is 0 Å². The lowest BCUT2D eigenvalue weighted by Gasteiger charge is -2.24. The normalized spacial score (nSPS) is 24.9. The van der Waals surface area contributed by atoms with Gasteiger partial charge < -0.3 is 0 Å². The SMILES string of the molecule is C#CC1(Cl)CCCCC1. The molecule has 0 atom stereocenters. The smallest absolute Gasteiger partial charge is 0.105 e. The lowest BCUT2D eigenvalue weighted by molar-refractivity contribution is 0.455. The molecule has 1 saturated carbocycles. The van der Waals surface area contributed by atoms with E-state index in [1.54, 1.807) is 0 Å². The highest BCUT2D eigenvalue weighted by molar-refractivity contribution is 6.26. The third kappa shape index (κ3) is 1.63. The van der Waals surface area contributed by atoms with Gasteiger partial charge in [0.15, 0.2) is 0 Å². The molecule has 0 saturated heterocycles. The van der Waals surface area contributed by atoms with Crippen molar-refractivity contribution in [1.82, 2.24) is 0 Å². The number of hydrogen-bond acceptors (Lipinski definition) is 0. The summed E-state index contributed by atoms with van der Waals surface area (Å²) in [5, 5.41) is 0. The van der Waals surface area contributed by atoms with Crippen LogP contribution in [0.4, 0.5) is 0 Å². The Balaban J connectivity index is 2.49. The van der Waals surface area contributed by atoms with Crippen LogP contribution in [0.25, 0.3) is 0 Å². The summed E-state index contributed by atoms with van der Waals surface area (Å²) in [5.41, 5.74) is 0. The Morgan fingerprint density at radius 2 is 1.78 bits per heavy atom. The fraction of sp³-hybridized carbons (Fsp3) is 0.750. The van der Waals surface area contributed by atoms with Crippen LogP contribution in [0.5, 0.6) is 0 Å². The minimum absolute atomic E-state index is 0.280. The van der Waals surface area contributed by atoms with Crippen LogP contribution in [0.15, 0.2) is 0 Å². The van der Waals surface area contributed by atoms with Gasteiger partial charge in [0.2, 0.25) is 0 Å². The quantitative estimate of drug-likeness (QED) is 0.360. The molecule has 1 heteroatoms. The molecular formula is C8H11Cl. The maximum Gasteiger partial charge on any atom is 0.105 e. The summed E-state index contributed by atoms with van der Waals surface area (Å²) in [4.78, 5) is -0.280. The molecule has 0 nitrogen and oxygen atoms in total. The molecule has 0 bridgehead atoms. The second kappa shape index (κ2) is 2.62. The zero-order chi connectivity index (χ0) is 6.74. The second-order valence-electron chi connectivity index (χ2n) is 2.67. The second-order valence-corrected chi connectivity index (χ2v) is 3.39. The van der Waals surface area contributed by atoms with Gasteiger partial charge in [0, 0.05) is 0 Å². The van der Waals surface area contributed by atoms with E-state index in [1.165, 1.54) is 19.3 Å². The van der Waals surface area contributed by atoms with Gasteiger partial charge in [-0.15, -0.1) is 18.0 Å². The molecule has 0 aromatic heterocycles. The van der Waals surface area contributed by atoms with Crippen LogP contribution in [0, 0.1) is 12.3 Å². The Labute approximate surface area is 61.6 Å². The average Bonchev–Trinajstić information content (AvgIpc) is 1.90. The molecule has 1 fully saturated rings. The first-order valence-corrected chi connectivity index (χ1v) is 3.81. The van der Waals surface area contributed by atoms with Crippen LogP contribution in [0.1, 0.15) is 32.1 Å². The minimum Gasteiger partial charge on any atom is -0.118 e. The minimum atomic E-state index is -0.280. The molecule has 1 rings (SSSR count). The molecule has 1 aliphatic rings. The molecular weight excluding hydrogens is 132 g/mol. The van der Waals surface area contributed by atoms with Crippen molar-refractivity contribution in [3.05, 3.63) is 0 Å². The largest absolute Gasteiger partial charge is 0.118 e. The zero-order valence-electron chi connectivity index (χ0n) is 5.49. The summed E-state index contributed by atoms with van der Waals surface area (Å²) in [7, 11) is 0. The summed E-state index contributed by atoms with van der Waals surface area (Å²) >= 11 is 6.02. The van der Waals surface area contributed by atoms with Crippen molar-refractivity contribution < 1.29 is 0 Å². The van der Waals surface area contributed by atoms with E-state index < -0.39 is 0 Å². The molecule has 0 amide bonds. The third-order valence-corrected chi connectivity index (χ3v) is 2.39. The highest BCUT2D eigenvalue weighted by atomic mass is 35.5. The Kier molecular flexibility index (Phi) is 2.03. The lowest BCUT2D eigenvalue weighted by atomic mass is 9.89. The fourth-order valence-electron chi connectivity index (χ4n) is 1.26. The van der Waals surface area contributed by atoms with Gasteiger partial charge in [-0.05, 0) is 12.8 Å². The summed E-state index contributed by atoms with van der Waals surface area (Å²) in [5.74, 6) is 2.65. The Morgan fingerprint density at radius 3 is 2.11 bits per heavy atom. The van der Waals surface area contributed by atoms with E-state index in [0.29, 0.717) is 0 Å². The standard InChI is InChI=1S/C8H11Cl/c1-2-8(9)6-4-3-5-7-8/h1H,3-7H2. The molecule has 0 N–H and O–H groups in total. The average molecular weight is 143 g/mol. The Morgan fingerprint density at radius 1 is 1.22 bits per heavy atom. The summed E-state index contributed by atoms with van der Waals surface area (Å²) in [6.45, 7) is 0. The van der Waals surface area contributed by atoms with Gasteiger partial charge >= 0.3 is 0 Å². The van der Waals surface area contributed by atoms with Gasteiger partial charge in [-0.25, -0.2) is 0 Å². The van der Waals surface area contributed by atoms with E-state index in [1.807, 2.05) is 0 Å². The number of alkyl halides is 1. The Hall–Kier alpha value is -0.150. The third-order valence-electron chi connectivity index (χ3n) is 1.90.